The number of carboxylic acids is 2. The minimum atomic E-state index is -1.11. The van der Waals surface area contributed by atoms with Gasteiger partial charge in [-0.15, -0.1) is 0 Å². The molecule has 0 saturated heterocycles. The van der Waals surface area contributed by atoms with Crippen LogP contribution in [0.5, 0.6) is 0 Å². The number of primary amides is 2. The van der Waals surface area contributed by atoms with Crippen molar-refractivity contribution >= 4 is 23.8 Å². The van der Waals surface area contributed by atoms with Gasteiger partial charge in [0, 0.05) is 13.3 Å². The summed E-state index contributed by atoms with van der Waals surface area (Å²) in [6, 6.07) is -0.979. The summed E-state index contributed by atoms with van der Waals surface area (Å²) in [6.45, 7) is 1.03. The fourth-order valence-corrected chi connectivity index (χ4v) is 0.421. The summed E-state index contributed by atoms with van der Waals surface area (Å²) in [7, 11) is 6.00. The van der Waals surface area contributed by atoms with Crippen LogP contribution in [-0.4, -0.2) is 72.6 Å². The van der Waals surface area contributed by atoms with Crippen LogP contribution in [0.15, 0.2) is 0 Å². The van der Waals surface area contributed by atoms with Crippen molar-refractivity contribution in [1.29, 1.82) is 0 Å². The topological polar surface area (TPSA) is 216 Å². The highest BCUT2D eigenvalue weighted by molar-refractivity contribution is 5.77. The van der Waals surface area contributed by atoms with Gasteiger partial charge in [-0.2, -0.15) is 0 Å². The SMILES string of the molecule is CC(N)=O.CN(C)C.NC(=O)CC[C@H](N)C(=O)O.NCC(=O)O. The molecule has 1 atom stereocenters. The van der Waals surface area contributed by atoms with E-state index in [0.717, 1.165) is 0 Å². The van der Waals surface area contributed by atoms with E-state index >= 15 is 0 Å². The number of nitrogens with two attached hydrogens (primary N) is 4. The lowest BCUT2D eigenvalue weighted by molar-refractivity contribution is -0.139. The molecule has 0 unspecified atom stereocenters. The summed E-state index contributed by atoms with van der Waals surface area (Å²) >= 11 is 0. The molecule has 0 aliphatic carbocycles. The van der Waals surface area contributed by atoms with E-state index in [9.17, 15) is 19.2 Å². The van der Waals surface area contributed by atoms with Gasteiger partial charge in [0.15, 0.2) is 0 Å². The Kier molecular flexibility index (Phi) is 24.8. The van der Waals surface area contributed by atoms with Gasteiger partial charge in [0.1, 0.15) is 6.04 Å². The maximum Gasteiger partial charge on any atom is 0.320 e. The second-order valence-electron chi connectivity index (χ2n) is 4.50. The Hall–Kier alpha value is -2.24. The molecule has 0 aromatic rings. The maximum atomic E-state index is 10.1. The third kappa shape index (κ3) is 81.2. The zero-order valence-corrected chi connectivity index (χ0v) is 14.0. The molecule has 0 fully saturated rings. The third-order valence-corrected chi connectivity index (χ3v) is 1.19. The molecule has 0 radical (unpaired) electrons. The Morgan fingerprint density at radius 1 is 1.04 bits per heavy atom. The maximum absolute atomic E-state index is 10.1. The number of hydrogen-bond donors (Lipinski definition) is 6. The van der Waals surface area contributed by atoms with Crippen LogP contribution in [-0.2, 0) is 19.2 Å². The zero-order chi connectivity index (χ0) is 19.6. The predicted octanol–water partition coefficient (Wildman–Crippen LogP) is -2.64. The van der Waals surface area contributed by atoms with E-state index in [2.05, 4.69) is 11.5 Å². The average molecular weight is 339 g/mol. The predicted molar refractivity (Wildman–Crippen MR) is 85.2 cm³/mol. The molecule has 0 rings (SSSR count). The van der Waals surface area contributed by atoms with Crippen molar-refractivity contribution in [2.45, 2.75) is 25.8 Å². The largest absolute Gasteiger partial charge is 0.480 e. The van der Waals surface area contributed by atoms with Crippen molar-refractivity contribution in [3.63, 3.8) is 0 Å². The van der Waals surface area contributed by atoms with E-state index in [-0.39, 0.29) is 25.3 Å². The molecule has 0 bridgehead atoms. The van der Waals surface area contributed by atoms with Gasteiger partial charge in [0.25, 0.3) is 0 Å². The molecule has 0 aromatic carbocycles. The van der Waals surface area contributed by atoms with Gasteiger partial charge in [-0.1, -0.05) is 0 Å². The molecule has 0 aromatic heterocycles. The van der Waals surface area contributed by atoms with E-state index in [4.69, 9.17) is 21.7 Å². The van der Waals surface area contributed by atoms with Crippen LogP contribution in [0.3, 0.4) is 0 Å². The van der Waals surface area contributed by atoms with E-state index in [0.29, 0.717) is 0 Å². The van der Waals surface area contributed by atoms with E-state index < -0.39 is 23.9 Å². The number of aliphatic carboxylic acids is 2. The average Bonchev–Trinajstić information content (AvgIpc) is 2.34. The Bertz CT molecular complexity index is 342. The Balaban J connectivity index is -0.000000117. The molecule has 11 nitrogen and oxygen atoms in total. The van der Waals surface area contributed by atoms with Crippen LogP contribution < -0.4 is 22.9 Å². The quantitative estimate of drug-likeness (QED) is 0.308. The molecule has 138 valence electrons. The highest BCUT2D eigenvalue weighted by Gasteiger charge is 2.11. The second kappa shape index (κ2) is 19.8. The van der Waals surface area contributed by atoms with E-state index in [1.807, 2.05) is 26.0 Å². The summed E-state index contributed by atoms with van der Waals surface area (Å²) in [4.78, 5) is 40.6. The molecule has 0 heterocycles. The van der Waals surface area contributed by atoms with Crippen LogP contribution in [0.25, 0.3) is 0 Å². The summed E-state index contributed by atoms with van der Waals surface area (Å²) in [5.41, 5.74) is 18.9. The van der Waals surface area contributed by atoms with Crippen molar-refractivity contribution in [2.75, 3.05) is 27.7 Å². The number of carboxylic acid groups (broad SMARTS) is 2. The van der Waals surface area contributed by atoms with Gasteiger partial charge >= 0.3 is 11.9 Å². The summed E-state index contributed by atoms with van der Waals surface area (Å²) < 4.78 is 0. The summed E-state index contributed by atoms with van der Waals surface area (Å²) in [5.74, 6) is -2.94. The molecule has 0 aliphatic heterocycles. The van der Waals surface area contributed by atoms with Crippen LogP contribution >= 0.6 is 0 Å². The van der Waals surface area contributed by atoms with E-state index in [1.165, 1.54) is 6.92 Å². The molecule has 0 aliphatic rings. The van der Waals surface area contributed by atoms with Gasteiger partial charge in [-0.25, -0.2) is 0 Å². The number of carbonyl (C=O) groups excluding carboxylic acids is 2. The minimum Gasteiger partial charge on any atom is -0.480 e. The molecule has 0 saturated carbocycles. The van der Waals surface area contributed by atoms with Gasteiger partial charge < -0.3 is 38.0 Å². The first-order chi connectivity index (χ1) is 10.3. The van der Waals surface area contributed by atoms with Crippen molar-refractivity contribution in [3.8, 4) is 0 Å². The van der Waals surface area contributed by atoms with Crippen molar-refractivity contribution in [1.82, 2.24) is 4.90 Å². The number of hydrogen-bond acceptors (Lipinski definition) is 7. The van der Waals surface area contributed by atoms with Gasteiger partial charge in [0.05, 0.1) is 6.54 Å². The summed E-state index contributed by atoms with van der Waals surface area (Å²) in [6.07, 6.45) is 0.123. The first kappa shape index (κ1) is 28.9. The normalized spacial score (nSPS) is 9.70. The van der Waals surface area contributed by atoms with Crippen LogP contribution in [0.2, 0.25) is 0 Å². The molecule has 2 amide bonds. The van der Waals surface area contributed by atoms with Gasteiger partial charge in [0.2, 0.25) is 11.8 Å². The molecule has 0 spiro atoms. The monoisotopic (exact) mass is 339 g/mol. The Morgan fingerprint density at radius 3 is 1.43 bits per heavy atom. The smallest absolute Gasteiger partial charge is 0.320 e. The molecule has 10 N–H and O–H groups in total. The first-order valence-corrected chi connectivity index (χ1v) is 6.33. The van der Waals surface area contributed by atoms with Crippen LogP contribution in [0.1, 0.15) is 19.8 Å². The van der Waals surface area contributed by atoms with E-state index in [1.54, 1.807) is 0 Å². The lowest BCUT2D eigenvalue weighted by Crippen LogP contribution is -2.31. The summed E-state index contributed by atoms with van der Waals surface area (Å²) in [5, 5.41) is 15.8. The molecular formula is C12H29N5O6. The Labute approximate surface area is 135 Å². The highest BCUT2D eigenvalue weighted by atomic mass is 16.4. The molecule has 11 heteroatoms. The second-order valence-corrected chi connectivity index (χ2v) is 4.50. The Morgan fingerprint density at radius 2 is 1.30 bits per heavy atom. The third-order valence-electron chi connectivity index (χ3n) is 1.19. The number of nitrogens with zero attached hydrogens (tertiary/aromatic N) is 1. The van der Waals surface area contributed by atoms with Crippen molar-refractivity contribution < 1.29 is 29.4 Å². The fraction of sp³-hybridized carbons (Fsp3) is 0.667. The van der Waals surface area contributed by atoms with Crippen LogP contribution in [0, 0.1) is 0 Å². The lowest BCUT2D eigenvalue weighted by Gasteiger charge is -2.01. The van der Waals surface area contributed by atoms with Gasteiger partial charge in [-0.05, 0) is 27.6 Å². The highest BCUT2D eigenvalue weighted by Crippen LogP contribution is 1.92. The minimum absolute atomic E-state index is 0.0213. The number of carbonyl (C=O) groups is 4. The lowest BCUT2D eigenvalue weighted by atomic mass is 10.2. The number of rotatable bonds is 5. The molecule has 23 heavy (non-hydrogen) atoms. The van der Waals surface area contributed by atoms with Crippen LogP contribution in [0.4, 0.5) is 0 Å². The number of amides is 2. The standard InChI is InChI=1S/C5H10N2O3.C3H9N.C2H5NO2.C2H5NO/c6-3(5(9)10)1-2-4(7)8;1-4(2)3;3-1-2(4)5;1-2(3)4/h3H,1-2,6H2,(H2,7,8)(H,9,10);1-3H3;1,3H2,(H,4,5);1H3,(H2,3,4)/t3-;;;/m0.../s1. The van der Waals surface area contributed by atoms with Crippen molar-refractivity contribution in [2.24, 2.45) is 22.9 Å². The van der Waals surface area contributed by atoms with Gasteiger partial charge in [-0.3, -0.25) is 19.2 Å². The fourth-order valence-electron chi connectivity index (χ4n) is 0.421. The van der Waals surface area contributed by atoms with Crippen molar-refractivity contribution in [3.05, 3.63) is 0 Å². The first-order valence-electron chi connectivity index (χ1n) is 6.33. The zero-order valence-electron chi connectivity index (χ0n) is 14.0. The molecular weight excluding hydrogens is 310 g/mol.